The third kappa shape index (κ3) is 4.22. The van der Waals surface area contributed by atoms with E-state index in [1.165, 1.54) is 0 Å². The Morgan fingerprint density at radius 1 is 1.29 bits per heavy atom. The Labute approximate surface area is 181 Å². The van der Waals surface area contributed by atoms with Crippen LogP contribution in [0.3, 0.4) is 0 Å². The number of fused-ring (bicyclic) bond motifs is 1. The monoisotopic (exact) mass is 460 g/mol. The first-order valence-corrected chi connectivity index (χ1v) is 13.5. The standard InChI is InChI=1S/C21H24N4O4S2/c1-13(2)31(28,29)16-6-4-14(5-7-16)18-11-23-20-19(25-18)17(10-22-20)21(26)24-15-8-9-30(3,27)12-15/h4-7,10-11,13,15H,3,8-9,12H2,1-2H3,(H,22,23)(H,24,26). The van der Waals surface area contributed by atoms with Crippen molar-refractivity contribution in [2.45, 2.75) is 36.5 Å². The normalized spacial score (nSPS) is 21.6. The number of rotatable bonds is 5. The van der Waals surface area contributed by atoms with Crippen LogP contribution >= 0.6 is 0 Å². The van der Waals surface area contributed by atoms with E-state index in [2.05, 4.69) is 26.1 Å². The van der Waals surface area contributed by atoms with Crippen molar-refractivity contribution in [2.24, 2.45) is 0 Å². The summed E-state index contributed by atoms with van der Waals surface area (Å²) in [5.74, 6) is 4.31. The fourth-order valence-electron chi connectivity index (χ4n) is 3.56. The Balaban J connectivity index is 1.62. The van der Waals surface area contributed by atoms with Gasteiger partial charge in [-0.1, -0.05) is 12.1 Å². The molecule has 4 rings (SSSR count). The van der Waals surface area contributed by atoms with Gasteiger partial charge >= 0.3 is 0 Å². The highest BCUT2D eigenvalue weighted by molar-refractivity contribution is 8.00. The van der Waals surface area contributed by atoms with Crippen LogP contribution in [0.5, 0.6) is 0 Å². The van der Waals surface area contributed by atoms with E-state index in [4.69, 9.17) is 0 Å². The van der Waals surface area contributed by atoms with Crippen LogP contribution in [0, 0.1) is 0 Å². The van der Waals surface area contributed by atoms with E-state index in [1.54, 1.807) is 50.5 Å². The molecule has 1 saturated heterocycles. The van der Waals surface area contributed by atoms with Crippen molar-refractivity contribution in [3.05, 3.63) is 42.2 Å². The van der Waals surface area contributed by atoms with Crippen LogP contribution in [0.4, 0.5) is 0 Å². The number of H-pyrrole nitrogens is 1. The molecule has 1 amide bonds. The smallest absolute Gasteiger partial charge is 0.255 e. The van der Waals surface area contributed by atoms with Gasteiger partial charge in [-0.05, 0) is 47.8 Å². The highest BCUT2D eigenvalue weighted by Gasteiger charge is 2.26. The maximum atomic E-state index is 12.8. The van der Waals surface area contributed by atoms with Crippen LogP contribution in [0.2, 0.25) is 0 Å². The number of hydrogen-bond acceptors (Lipinski definition) is 6. The number of aromatic nitrogens is 3. The van der Waals surface area contributed by atoms with Crippen LogP contribution in [-0.4, -0.2) is 62.2 Å². The Morgan fingerprint density at radius 3 is 2.61 bits per heavy atom. The number of carbonyl (C=O) groups excluding carboxylic acids is 1. The first-order chi connectivity index (χ1) is 14.6. The summed E-state index contributed by atoms with van der Waals surface area (Å²) in [6.07, 6.45) is 3.76. The second-order valence-electron chi connectivity index (χ2n) is 8.07. The fourth-order valence-corrected chi connectivity index (χ4v) is 6.48. The second kappa shape index (κ2) is 7.76. The molecule has 0 aliphatic carbocycles. The Bertz CT molecular complexity index is 1360. The third-order valence-electron chi connectivity index (χ3n) is 5.40. The van der Waals surface area contributed by atoms with Gasteiger partial charge in [-0.2, -0.15) is 0 Å². The summed E-state index contributed by atoms with van der Waals surface area (Å²) in [7, 11) is -5.47. The maximum Gasteiger partial charge on any atom is 0.255 e. The molecule has 1 aliphatic rings. The number of hydrogen-bond donors (Lipinski definition) is 2. The molecule has 2 aromatic heterocycles. The molecule has 2 unspecified atom stereocenters. The molecule has 0 saturated carbocycles. The number of aromatic amines is 1. The van der Waals surface area contributed by atoms with Crippen LogP contribution < -0.4 is 5.32 Å². The molecule has 31 heavy (non-hydrogen) atoms. The molecule has 1 fully saturated rings. The molecular formula is C21H24N4O4S2. The quantitative estimate of drug-likeness (QED) is 0.562. The number of carbonyl (C=O) groups is 1. The Morgan fingerprint density at radius 2 is 2.00 bits per heavy atom. The van der Waals surface area contributed by atoms with E-state index in [1.807, 2.05) is 0 Å². The predicted molar refractivity (Wildman–Crippen MR) is 123 cm³/mol. The second-order valence-corrected chi connectivity index (χ2v) is 13.2. The molecule has 1 aliphatic heterocycles. The van der Waals surface area contributed by atoms with Gasteiger partial charge in [0.2, 0.25) is 0 Å². The lowest BCUT2D eigenvalue weighted by Gasteiger charge is -2.11. The molecule has 2 N–H and O–H groups in total. The van der Waals surface area contributed by atoms with Crippen LogP contribution in [0.1, 0.15) is 30.6 Å². The summed E-state index contributed by atoms with van der Waals surface area (Å²) in [6, 6.07) is 6.30. The minimum Gasteiger partial charge on any atom is -0.348 e. The van der Waals surface area contributed by atoms with Gasteiger partial charge in [0, 0.05) is 29.3 Å². The molecule has 2 atom stereocenters. The minimum absolute atomic E-state index is 0.172. The van der Waals surface area contributed by atoms with Gasteiger partial charge in [0.1, 0.15) is 5.52 Å². The van der Waals surface area contributed by atoms with E-state index in [9.17, 15) is 17.4 Å². The van der Waals surface area contributed by atoms with Crippen molar-refractivity contribution in [1.29, 1.82) is 0 Å². The molecule has 3 heterocycles. The molecule has 3 aromatic rings. The van der Waals surface area contributed by atoms with Crippen LogP contribution in [-0.2, 0) is 19.4 Å². The third-order valence-corrected chi connectivity index (χ3v) is 9.56. The molecule has 0 radical (unpaired) electrons. The average Bonchev–Trinajstić information content (AvgIpc) is 3.30. The lowest BCUT2D eigenvalue weighted by atomic mass is 10.1. The summed E-state index contributed by atoms with van der Waals surface area (Å²) in [5, 5.41) is 2.40. The van der Waals surface area contributed by atoms with Gasteiger partial charge in [-0.3, -0.25) is 9.00 Å². The highest BCUT2D eigenvalue weighted by Crippen LogP contribution is 2.24. The first-order valence-electron chi connectivity index (χ1n) is 9.89. The number of amides is 1. The molecule has 10 heteroatoms. The molecule has 8 nitrogen and oxygen atoms in total. The highest BCUT2D eigenvalue weighted by atomic mass is 32.2. The van der Waals surface area contributed by atoms with Crippen molar-refractivity contribution in [1.82, 2.24) is 20.3 Å². The van der Waals surface area contributed by atoms with E-state index in [-0.39, 0.29) is 16.8 Å². The largest absolute Gasteiger partial charge is 0.348 e. The van der Waals surface area contributed by atoms with Crippen molar-refractivity contribution >= 4 is 42.3 Å². The lowest BCUT2D eigenvalue weighted by molar-refractivity contribution is 0.0942. The van der Waals surface area contributed by atoms with Crippen molar-refractivity contribution in [2.75, 3.05) is 11.5 Å². The van der Waals surface area contributed by atoms with Gasteiger partial charge in [0.15, 0.2) is 15.5 Å². The zero-order valence-corrected chi connectivity index (χ0v) is 18.9. The zero-order valence-electron chi connectivity index (χ0n) is 17.3. The van der Waals surface area contributed by atoms with E-state index in [0.29, 0.717) is 45.9 Å². The van der Waals surface area contributed by atoms with Gasteiger partial charge in [-0.25, -0.2) is 18.4 Å². The molecule has 1 aromatic carbocycles. The topological polar surface area (TPSA) is 122 Å². The average molecular weight is 461 g/mol. The van der Waals surface area contributed by atoms with Gasteiger partial charge < -0.3 is 10.3 Å². The zero-order chi connectivity index (χ0) is 22.4. The van der Waals surface area contributed by atoms with E-state index >= 15 is 0 Å². The first kappa shape index (κ1) is 21.5. The lowest BCUT2D eigenvalue weighted by Crippen LogP contribution is -2.35. The predicted octanol–water partition coefficient (Wildman–Crippen LogP) is 2.03. The SMILES string of the molecule is C=S1(=O)CCC(NC(=O)c2c[nH]c3ncc(-c4ccc(S(=O)(=O)C(C)C)cc4)nc23)C1. The van der Waals surface area contributed by atoms with Gasteiger partial charge in [0.05, 0.1) is 27.6 Å². The fraction of sp³-hybridized carbons (Fsp3) is 0.333. The molecular weight excluding hydrogens is 436 g/mol. The molecule has 164 valence electrons. The van der Waals surface area contributed by atoms with Crippen molar-refractivity contribution in [3.8, 4) is 11.3 Å². The van der Waals surface area contributed by atoms with E-state index in [0.717, 1.165) is 0 Å². The number of sulfone groups is 1. The van der Waals surface area contributed by atoms with Gasteiger partial charge in [0.25, 0.3) is 5.91 Å². The van der Waals surface area contributed by atoms with Crippen molar-refractivity contribution in [3.63, 3.8) is 0 Å². The summed E-state index contributed by atoms with van der Waals surface area (Å²) >= 11 is 0. The summed E-state index contributed by atoms with van der Waals surface area (Å²) < 4.78 is 36.7. The maximum absolute atomic E-state index is 12.8. The number of benzene rings is 1. The van der Waals surface area contributed by atoms with Crippen LogP contribution in [0.25, 0.3) is 22.4 Å². The minimum atomic E-state index is -3.36. The van der Waals surface area contributed by atoms with E-state index < -0.39 is 24.6 Å². The van der Waals surface area contributed by atoms with Gasteiger partial charge in [-0.15, -0.1) is 0 Å². The molecule has 0 bridgehead atoms. The summed E-state index contributed by atoms with van der Waals surface area (Å²) in [4.78, 5) is 24.9. The van der Waals surface area contributed by atoms with Crippen molar-refractivity contribution < 1.29 is 17.4 Å². The van der Waals surface area contributed by atoms with Crippen LogP contribution in [0.15, 0.2) is 41.6 Å². The number of nitrogens with one attached hydrogen (secondary N) is 2. The number of nitrogens with zero attached hydrogens (tertiary/aromatic N) is 2. The Hall–Kier alpha value is -2.72. The molecule has 0 spiro atoms. The Kier molecular flexibility index (Phi) is 5.38. The summed E-state index contributed by atoms with van der Waals surface area (Å²) in [6.45, 7) is 3.28. The summed E-state index contributed by atoms with van der Waals surface area (Å²) in [5.41, 5.74) is 2.46.